The third-order valence-corrected chi connectivity index (χ3v) is 4.51. The van der Waals surface area contributed by atoms with Gasteiger partial charge in [0.1, 0.15) is 0 Å². The Morgan fingerprint density at radius 1 is 1.33 bits per heavy atom. The Morgan fingerprint density at radius 2 is 2.19 bits per heavy atom. The van der Waals surface area contributed by atoms with Crippen LogP contribution in [0, 0.1) is 6.58 Å². The molecular weight excluding hydrogens is 432 g/mol. The van der Waals surface area contributed by atoms with E-state index in [1.54, 1.807) is 6.08 Å². The normalized spacial score (nSPS) is 11.2. The van der Waals surface area contributed by atoms with E-state index in [4.69, 9.17) is 11.1 Å². The van der Waals surface area contributed by atoms with E-state index in [1.165, 1.54) is 28.8 Å². The number of fused-ring (bicyclic) bond motifs is 1. The summed E-state index contributed by atoms with van der Waals surface area (Å²) in [5, 5.41) is 5.23. The topological polar surface area (TPSA) is 31.0 Å². The summed E-state index contributed by atoms with van der Waals surface area (Å²) in [4.78, 5) is 0. The summed E-state index contributed by atoms with van der Waals surface area (Å²) in [6, 6.07) is 10.0. The van der Waals surface area contributed by atoms with E-state index < -0.39 is 0 Å². The van der Waals surface area contributed by atoms with Gasteiger partial charge < -0.3 is 0 Å². The SMILES string of the molecule is [CH-]=C/C=C\[C](=[W])c1ccn(Cc2noc3ccccc23)c1. The molecule has 3 nitrogen and oxygen atoms in total. The fourth-order valence-electron chi connectivity index (χ4n) is 2.15. The van der Waals surface area contributed by atoms with Crippen LogP contribution in [0.2, 0.25) is 0 Å². The summed E-state index contributed by atoms with van der Waals surface area (Å²) in [5.74, 6) is 0. The number of hydrogen-bond donors (Lipinski definition) is 0. The third-order valence-electron chi connectivity index (χ3n) is 3.18. The van der Waals surface area contributed by atoms with Crippen molar-refractivity contribution in [2.24, 2.45) is 0 Å². The van der Waals surface area contributed by atoms with Gasteiger partial charge >= 0.3 is 134 Å². The van der Waals surface area contributed by atoms with E-state index in [-0.39, 0.29) is 0 Å². The van der Waals surface area contributed by atoms with E-state index >= 15 is 0 Å². The van der Waals surface area contributed by atoms with Crippen molar-refractivity contribution in [3.05, 3.63) is 78.8 Å². The third kappa shape index (κ3) is 3.03. The number of aromatic nitrogens is 2. The van der Waals surface area contributed by atoms with Gasteiger partial charge in [-0.15, -0.1) is 0 Å². The van der Waals surface area contributed by atoms with Crippen molar-refractivity contribution in [3.63, 3.8) is 0 Å². The zero-order valence-electron chi connectivity index (χ0n) is 11.3. The van der Waals surface area contributed by atoms with Gasteiger partial charge in [-0.05, 0) is 0 Å². The average Bonchev–Trinajstić information content (AvgIpc) is 3.13. The van der Waals surface area contributed by atoms with Crippen molar-refractivity contribution in [3.8, 4) is 0 Å². The van der Waals surface area contributed by atoms with Crippen molar-refractivity contribution < 1.29 is 23.9 Å². The second-order valence-electron chi connectivity index (χ2n) is 4.61. The van der Waals surface area contributed by atoms with Crippen molar-refractivity contribution in [2.45, 2.75) is 6.54 Å². The Labute approximate surface area is 134 Å². The van der Waals surface area contributed by atoms with Crippen LogP contribution in [0.4, 0.5) is 0 Å². The summed E-state index contributed by atoms with van der Waals surface area (Å²) in [6.07, 6.45) is 9.60. The van der Waals surface area contributed by atoms with Crippen molar-refractivity contribution >= 4 is 14.9 Å². The Balaban J connectivity index is 1.83. The number of hydrogen-bond acceptors (Lipinski definition) is 2. The van der Waals surface area contributed by atoms with E-state index in [1.807, 2.05) is 36.4 Å². The summed E-state index contributed by atoms with van der Waals surface area (Å²) < 4.78 is 8.70. The summed E-state index contributed by atoms with van der Waals surface area (Å²) in [6.45, 7) is 6.06. The molecule has 0 unspecified atom stereocenters. The first kappa shape index (κ1) is 14.0. The molecule has 2 heterocycles. The Morgan fingerprint density at radius 3 is 3.05 bits per heavy atom. The quantitative estimate of drug-likeness (QED) is 0.446. The van der Waals surface area contributed by atoms with Crippen LogP contribution in [0.3, 0.4) is 0 Å². The van der Waals surface area contributed by atoms with Crippen molar-refractivity contribution in [1.29, 1.82) is 0 Å². The predicted molar refractivity (Wildman–Crippen MR) is 79.7 cm³/mol. The molecule has 0 saturated carbocycles. The Bertz CT molecular complexity index is 826. The number of nitrogens with zero attached hydrogens (tertiary/aromatic N) is 2. The molecule has 2 aromatic heterocycles. The van der Waals surface area contributed by atoms with Crippen LogP contribution in [0.5, 0.6) is 0 Å². The molecule has 0 aliphatic carbocycles. The molecule has 3 rings (SSSR count). The van der Waals surface area contributed by atoms with E-state index in [2.05, 4.69) is 28.2 Å². The van der Waals surface area contributed by atoms with Gasteiger partial charge in [0, 0.05) is 0 Å². The average molecular weight is 445 g/mol. The zero-order chi connectivity index (χ0) is 14.7. The van der Waals surface area contributed by atoms with Crippen LogP contribution >= 0.6 is 0 Å². The van der Waals surface area contributed by atoms with Crippen molar-refractivity contribution in [2.75, 3.05) is 0 Å². The monoisotopic (exact) mass is 445 g/mol. The van der Waals surface area contributed by atoms with E-state index in [0.717, 1.165) is 16.7 Å². The second kappa shape index (κ2) is 6.19. The first-order valence-corrected chi connectivity index (χ1v) is 7.99. The molecule has 0 atom stereocenters. The fourth-order valence-corrected chi connectivity index (χ4v) is 2.87. The molecule has 0 saturated heterocycles. The van der Waals surface area contributed by atoms with Gasteiger partial charge in [-0.2, -0.15) is 0 Å². The molecule has 1 aromatic carbocycles. The van der Waals surface area contributed by atoms with E-state index in [9.17, 15) is 0 Å². The maximum absolute atomic E-state index is 5.36. The van der Waals surface area contributed by atoms with Crippen LogP contribution < -0.4 is 0 Å². The minimum atomic E-state index is 0.701. The standard InChI is InChI=1S/C17H13N2O.W/c1-2-3-4-7-14-10-11-19(12-14)13-16-15-8-5-6-9-17(15)20-18-16;/h1-6,8-12H,13H2;/q-1;/b4-3-;. The van der Waals surface area contributed by atoms with Gasteiger partial charge in [-0.3, -0.25) is 0 Å². The van der Waals surface area contributed by atoms with E-state index in [0.29, 0.717) is 6.54 Å². The zero-order valence-corrected chi connectivity index (χ0v) is 14.2. The van der Waals surface area contributed by atoms with Crippen LogP contribution in [-0.4, -0.2) is 13.6 Å². The molecule has 0 aliphatic heterocycles. The second-order valence-corrected chi connectivity index (χ2v) is 6.19. The molecule has 104 valence electrons. The van der Waals surface area contributed by atoms with Gasteiger partial charge in [0.05, 0.1) is 0 Å². The summed E-state index contributed by atoms with van der Waals surface area (Å²) in [5.41, 5.74) is 2.98. The molecule has 0 fully saturated rings. The molecule has 21 heavy (non-hydrogen) atoms. The Kier molecular flexibility index (Phi) is 4.12. The van der Waals surface area contributed by atoms with Crippen LogP contribution in [0.15, 0.2) is 65.5 Å². The molecule has 0 N–H and O–H groups in total. The summed E-state index contributed by atoms with van der Waals surface area (Å²) in [7, 11) is 0. The first-order chi connectivity index (χ1) is 10.3. The summed E-state index contributed by atoms with van der Waals surface area (Å²) >= 11 is 1.41. The first-order valence-electron chi connectivity index (χ1n) is 6.53. The van der Waals surface area contributed by atoms with Crippen LogP contribution in [-0.2, 0) is 25.9 Å². The molecule has 3 aromatic rings. The molecule has 0 aliphatic rings. The molecule has 0 radical (unpaired) electrons. The fraction of sp³-hybridized carbons (Fsp3) is 0.0588. The van der Waals surface area contributed by atoms with Gasteiger partial charge in [-0.25, -0.2) is 0 Å². The number of para-hydroxylation sites is 1. The molecule has 0 amide bonds. The van der Waals surface area contributed by atoms with Gasteiger partial charge in [-0.1, -0.05) is 0 Å². The number of rotatable bonds is 5. The predicted octanol–water partition coefficient (Wildman–Crippen LogP) is 3.29. The Hall–Kier alpha value is -1.99. The molecule has 4 heteroatoms. The van der Waals surface area contributed by atoms with Gasteiger partial charge in [0.15, 0.2) is 0 Å². The maximum atomic E-state index is 5.36. The van der Waals surface area contributed by atoms with Crippen LogP contribution in [0.25, 0.3) is 11.0 Å². The van der Waals surface area contributed by atoms with Gasteiger partial charge in [0.2, 0.25) is 0 Å². The molecule has 0 bridgehead atoms. The number of allylic oxidation sites excluding steroid dienone is 3. The van der Waals surface area contributed by atoms with Crippen LogP contribution in [0.1, 0.15) is 11.3 Å². The molecule has 0 spiro atoms. The molecular formula is C17H13N2OW-. The van der Waals surface area contributed by atoms with Gasteiger partial charge in [0.25, 0.3) is 0 Å². The van der Waals surface area contributed by atoms with Crippen molar-refractivity contribution in [1.82, 2.24) is 9.72 Å². The number of benzene rings is 1. The minimum absolute atomic E-state index is 0.701.